The fraction of sp³-hybridized carbons (Fsp3) is 0.500. The largest absolute Gasteiger partial charge is 0.488 e. The van der Waals surface area contributed by atoms with Gasteiger partial charge >= 0.3 is 12.2 Å². The van der Waals surface area contributed by atoms with E-state index >= 15 is 0 Å². The highest BCUT2D eigenvalue weighted by Crippen LogP contribution is 2.44. The fourth-order valence-corrected chi connectivity index (χ4v) is 9.72. The van der Waals surface area contributed by atoms with Crippen molar-refractivity contribution in [3.63, 3.8) is 0 Å². The van der Waals surface area contributed by atoms with E-state index in [1.165, 1.54) is 14.2 Å². The number of likely N-dealkylation sites (tertiary alicyclic amines) is 2. The number of hydrogen-bond acceptors (Lipinski definition) is 10. The van der Waals surface area contributed by atoms with Gasteiger partial charge in [0.05, 0.1) is 55.8 Å². The highest BCUT2D eigenvalue weighted by Gasteiger charge is 2.43. The number of benzene rings is 3. The topological polar surface area (TPSA) is 193 Å². The molecular formula is C48H60N8O8. The van der Waals surface area contributed by atoms with E-state index in [9.17, 15) is 19.2 Å². The van der Waals surface area contributed by atoms with Gasteiger partial charge in [0.25, 0.3) is 0 Å². The first-order chi connectivity index (χ1) is 30.8. The van der Waals surface area contributed by atoms with Gasteiger partial charge in [-0.25, -0.2) is 19.6 Å². The molecule has 16 nitrogen and oxygen atoms in total. The van der Waals surface area contributed by atoms with Crippen LogP contribution >= 0.6 is 0 Å². The van der Waals surface area contributed by atoms with E-state index in [1.54, 1.807) is 7.11 Å². The van der Waals surface area contributed by atoms with Crippen molar-refractivity contribution in [2.75, 3.05) is 41.0 Å². The predicted octanol–water partition coefficient (Wildman–Crippen LogP) is 7.65. The third kappa shape index (κ3) is 8.47. The molecule has 5 aromatic rings. The van der Waals surface area contributed by atoms with Gasteiger partial charge in [-0.1, -0.05) is 65.7 Å². The first-order valence-electron chi connectivity index (χ1n) is 22.4. The zero-order valence-electron chi connectivity index (χ0n) is 37.9. The zero-order chi connectivity index (χ0) is 45.4. The summed E-state index contributed by atoms with van der Waals surface area (Å²) in [7, 11) is 4.26. The SMILES string of the molecule is CCC(C)C(NC(=O)OC)C(=O)N1C[C@@H](COC)C[C@H]1c1nc2ccc3cc4c(cc3c2[nH]1)OCc1cc(-c2cnc(C3C[C@H](C)CN3C(=O)[C@@H](NC(=O)OC)[C@@H](C)CC)[nH]2)ccc1-4. The van der Waals surface area contributed by atoms with Crippen LogP contribution in [0.15, 0.2) is 48.7 Å². The highest BCUT2D eigenvalue weighted by atomic mass is 16.5. The van der Waals surface area contributed by atoms with Gasteiger partial charge in [-0.05, 0) is 76.9 Å². The Labute approximate surface area is 373 Å². The number of methoxy groups -OCH3 is 3. The number of aromatic amines is 2. The smallest absolute Gasteiger partial charge is 0.407 e. The molecule has 64 heavy (non-hydrogen) atoms. The summed E-state index contributed by atoms with van der Waals surface area (Å²) in [4.78, 5) is 73.4. The Kier molecular flexibility index (Phi) is 12.9. The normalized spacial score (nSPS) is 21.1. The fourth-order valence-electron chi connectivity index (χ4n) is 9.72. The Balaban J connectivity index is 1.05. The molecule has 5 heterocycles. The van der Waals surface area contributed by atoms with Crippen LogP contribution in [0.1, 0.15) is 89.6 Å². The number of amides is 4. The Morgan fingerprint density at radius 1 is 0.828 bits per heavy atom. The molecule has 0 saturated carbocycles. The number of hydrogen-bond donors (Lipinski definition) is 4. The molecular weight excluding hydrogens is 817 g/mol. The van der Waals surface area contributed by atoms with Crippen LogP contribution in [0.3, 0.4) is 0 Å². The lowest BCUT2D eigenvalue weighted by molar-refractivity contribution is -0.136. The minimum Gasteiger partial charge on any atom is -0.488 e. The molecule has 0 spiro atoms. The Morgan fingerprint density at radius 3 is 2.16 bits per heavy atom. The molecule has 2 aromatic heterocycles. The maximum absolute atomic E-state index is 14.2. The lowest BCUT2D eigenvalue weighted by Crippen LogP contribution is -2.51. The minimum absolute atomic E-state index is 0.0791. The third-order valence-corrected chi connectivity index (χ3v) is 13.7. The number of carbonyl (C=O) groups is 4. The van der Waals surface area contributed by atoms with Crippen LogP contribution in [0.5, 0.6) is 5.75 Å². The average molecular weight is 877 g/mol. The number of rotatable bonds is 13. The molecule has 3 aliphatic rings. The van der Waals surface area contributed by atoms with E-state index in [4.69, 9.17) is 28.9 Å². The second kappa shape index (κ2) is 18.5. The standard InChI is InChI=1S/C48H60N8O8/c1-9-26(4)40(53-47(59)62-7)45(57)55-21-25(3)15-37(55)43-49-20-36(51-43)30-11-13-32-31(17-30)24-64-39-19-33-29(18-34(32)39)12-14-35-42(33)52-44(50-35)38-16-28(23-61-6)22-56(38)46(58)41(27(5)10-2)54-48(60)63-8/h11-14,17-20,25-28,37-38,40-41H,9-10,15-16,21-24H2,1-8H3,(H,49,51)(H,50,52)(H,53,59)(H,54,60)/t25-,26-,27?,28-,37?,38-,40-,41?/m0/s1. The molecule has 4 amide bonds. The lowest BCUT2D eigenvalue weighted by Gasteiger charge is -2.30. The van der Waals surface area contributed by atoms with Gasteiger partial charge in [-0.2, -0.15) is 0 Å². The molecule has 2 fully saturated rings. The maximum Gasteiger partial charge on any atom is 0.407 e. The molecule has 2 saturated heterocycles. The number of imidazole rings is 2. The highest BCUT2D eigenvalue weighted by molar-refractivity contribution is 6.07. The molecule has 4 N–H and O–H groups in total. The number of alkyl carbamates (subject to hydrolysis) is 2. The number of fused-ring (bicyclic) bond motifs is 6. The maximum atomic E-state index is 14.2. The van der Waals surface area contributed by atoms with Gasteiger partial charge < -0.3 is 49.3 Å². The summed E-state index contributed by atoms with van der Waals surface area (Å²) in [5, 5.41) is 7.53. The Hall–Kier alpha value is -6.16. The van der Waals surface area contributed by atoms with Crippen molar-refractivity contribution in [1.82, 2.24) is 40.4 Å². The molecule has 3 aromatic carbocycles. The number of carbonyl (C=O) groups excluding carboxylic acids is 4. The molecule has 16 heteroatoms. The molecule has 0 bridgehead atoms. The van der Waals surface area contributed by atoms with E-state index in [2.05, 4.69) is 63.9 Å². The van der Waals surface area contributed by atoms with E-state index in [-0.39, 0.29) is 47.6 Å². The van der Waals surface area contributed by atoms with Gasteiger partial charge in [0.15, 0.2) is 0 Å². The van der Waals surface area contributed by atoms with Crippen molar-refractivity contribution in [3.05, 3.63) is 65.9 Å². The number of nitrogens with zero attached hydrogens (tertiary/aromatic N) is 4. The average Bonchev–Trinajstić information content (AvgIpc) is 4.14. The molecule has 0 radical (unpaired) electrons. The monoisotopic (exact) mass is 876 g/mol. The second-order valence-corrected chi connectivity index (χ2v) is 17.9. The Bertz CT molecular complexity index is 2550. The molecule has 0 aliphatic carbocycles. The molecule has 8 atom stereocenters. The van der Waals surface area contributed by atoms with Crippen molar-refractivity contribution in [3.8, 4) is 28.1 Å². The number of H-pyrrole nitrogens is 2. The van der Waals surface area contributed by atoms with Gasteiger partial charge in [0.2, 0.25) is 11.8 Å². The van der Waals surface area contributed by atoms with E-state index < -0.39 is 24.3 Å². The second-order valence-electron chi connectivity index (χ2n) is 17.9. The molecule has 340 valence electrons. The predicted molar refractivity (Wildman–Crippen MR) is 241 cm³/mol. The summed E-state index contributed by atoms with van der Waals surface area (Å²) in [6.45, 7) is 11.9. The van der Waals surface area contributed by atoms with Crippen molar-refractivity contribution in [2.24, 2.45) is 23.7 Å². The summed E-state index contributed by atoms with van der Waals surface area (Å²) in [5.74, 6) is 2.01. The zero-order valence-corrected chi connectivity index (χ0v) is 37.9. The lowest BCUT2D eigenvalue weighted by atomic mass is 9.92. The summed E-state index contributed by atoms with van der Waals surface area (Å²) < 4.78 is 21.7. The quantitative estimate of drug-likeness (QED) is 0.0913. The summed E-state index contributed by atoms with van der Waals surface area (Å²) in [5.41, 5.74) is 6.53. The summed E-state index contributed by atoms with van der Waals surface area (Å²) in [6, 6.07) is 12.6. The number of aromatic nitrogens is 4. The summed E-state index contributed by atoms with van der Waals surface area (Å²) >= 11 is 0. The van der Waals surface area contributed by atoms with Crippen molar-refractivity contribution < 1.29 is 38.1 Å². The molecule has 3 unspecified atom stereocenters. The number of nitrogens with one attached hydrogen (secondary N) is 4. The first-order valence-corrected chi connectivity index (χ1v) is 22.4. The van der Waals surface area contributed by atoms with Gasteiger partial charge in [0.1, 0.15) is 36.1 Å². The van der Waals surface area contributed by atoms with Crippen LogP contribution in [0, 0.1) is 23.7 Å². The van der Waals surface area contributed by atoms with E-state index in [0.717, 1.165) is 68.3 Å². The van der Waals surface area contributed by atoms with Crippen LogP contribution < -0.4 is 15.4 Å². The minimum atomic E-state index is -0.748. The van der Waals surface area contributed by atoms with Gasteiger partial charge in [0, 0.05) is 37.1 Å². The molecule has 8 rings (SSSR count). The molecule has 3 aliphatic heterocycles. The summed E-state index contributed by atoms with van der Waals surface area (Å²) in [6.07, 6.45) is 3.38. The van der Waals surface area contributed by atoms with Crippen LogP contribution in [-0.4, -0.2) is 107 Å². The van der Waals surface area contributed by atoms with Crippen LogP contribution in [0.25, 0.3) is 44.2 Å². The van der Waals surface area contributed by atoms with Crippen molar-refractivity contribution in [2.45, 2.75) is 91.1 Å². The van der Waals surface area contributed by atoms with E-state index in [1.807, 2.05) is 49.8 Å². The van der Waals surface area contributed by atoms with Crippen LogP contribution in [0.4, 0.5) is 9.59 Å². The van der Waals surface area contributed by atoms with Crippen molar-refractivity contribution in [1.29, 1.82) is 0 Å². The third-order valence-electron chi connectivity index (χ3n) is 13.7. The van der Waals surface area contributed by atoms with Crippen molar-refractivity contribution >= 4 is 45.8 Å². The first kappa shape index (κ1) is 44.4. The Morgan fingerprint density at radius 2 is 1.50 bits per heavy atom. The van der Waals surface area contributed by atoms with Gasteiger partial charge in [-0.15, -0.1) is 0 Å². The van der Waals surface area contributed by atoms with E-state index in [0.29, 0.717) is 50.8 Å². The van der Waals surface area contributed by atoms with Crippen LogP contribution in [-0.2, 0) is 30.4 Å². The van der Waals surface area contributed by atoms with Crippen LogP contribution in [0.2, 0.25) is 0 Å². The number of ether oxygens (including phenoxy) is 4. The van der Waals surface area contributed by atoms with Gasteiger partial charge in [-0.3, -0.25) is 9.59 Å².